The van der Waals surface area contributed by atoms with Crippen LogP contribution < -0.4 is 11.5 Å². The lowest BCUT2D eigenvalue weighted by molar-refractivity contribution is 0.585. The van der Waals surface area contributed by atoms with Gasteiger partial charge in [-0.25, -0.2) is 0 Å². The maximum Gasteiger partial charge on any atom is 0.0297 e. The van der Waals surface area contributed by atoms with Crippen LogP contribution in [0.2, 0.25) is 0 Å². The Hall–Kier alpha value is -0.860. The van der Waals surface area contributed by atoms with Crippen LogP contribution in [-0.2, 0) is 5.41 Å². The Morgan fingerprint density at radius 2 is 1.88 bits per heavy atom. The highest BCUT2D eigenvalue weighted by Gasteiger charge is 2.16. The third-order valence-corrected chi connectivity index (χ3v) is 3.25. The molecule has 1 aromatic rings. The first-order chi connectivity index (χ1) is 7.86. The molecular weight excluding hydrogens is 208 g/mol. The van der Waals surface area contributed by atoms with Gasteiger partial charge in [-0.05, 0) is 48.4 Å². The van der Waals surface area contributed by atoms with Crippen molar-refractivity contribution in [2.24, 2.45) is 11.5 Å². The monoisotopic (exact) mass is 234 g/mol. The van der Waals surface area contributed by atoms with E-state index in [1.54, 1.807) is 0 Å². The lowest BCUT2D eigenvalue weighted by Gasteiger charge is -2.22. The summed E-state index contributed by atoms with van der Waals surface area (Å²) in [6.07, 6.45) is 1.95. The van der Waals surface area contributed by atoms with Crippen molar-refractivity contribution in [3.8, 4) is 0 Å². The minimum Gasteiger partial charge on any atom is -0.330 e. The molecule has 0 spiro atoms. The molecule has 0 radical (unpaired) electrons. The standard InChI is InChI=1S/C15H26N2/c1-11-10-12(15(2,3)4)7-8-13(11)14(17)6-5-9-16/h7-8,10,14H,5-6,9,16-17H2,1-4H3. The molecule has 1 atom stereocenters. The molecule has 96 valence electrons. The van der Waals surface area contributed by atoms with Crippen molar-refractivity contribution >= 4 is 0 Å². The molecule has 0 aromatic heterocycles. The van der Waals surface area contributed by atoms with Gasteiger partial charge in [-0.2, -0.15) is 0 Å². The average molecular weight is 234 g/mol. The highest BCUT2D eigenvalue weighted by atomic mass is 14.6. The van der Waals surface area contributed by atoms with E-state index >= 15 is 0 Å². The molecule has 0 heterocycles. The van der Waals surface area contributed by atoms with E-state index in [2.05, 4.69) is 45.9 Å². The molecule has 4 N–H and O–H groups in total. The summed E-state index contributed by atoms with van der Waals surface area (Å²) in [7, 11) is 0. The third-order valence-electron chi connectivity index (χ3n) is 3.25. The maximum absolute atomic E-state index is 6.19. The Bertz CT molecular complexity index is 364. The first-order valence-electron chi connectivity index (χ1n) is 6.43. The van der Waals surface area contributed by atoms with Gasteiger partial charge in [0.15, 0.2) is 0 Å². The zero-order chi connectivity index (χ0) is 13.1. The largest absolute Gasteiger partial charge is 0.330 e. The van der Waals surface area contributed by atoms with Gasteiger partial charge in [0.25, 0.3) is 0 Å². The first-order valence-corrected chi connectivity index (χ1v) is 6.43. The Morgan fingerprint density at radius 1 is 1.24 bits per heavy atom. The summed E-state index contributed by atoms with van der Waals surface area (Å²) >= 11 is 0. The molecule has 1 rings (SSSR count). The summed E-state index contributed by atoms with van der Waals surface area (Å²) in [6.45, 7) is 9.56. The van der Waals surface area contributed by atoms with Crippen molar-refractivity contribution in [1.29, 1.82) is 0 Å². The second-order valence-electron chi connectivity index (χ2n) is 5.86. The van der Waals surface area contributed by atoms with Crippen LogP contribution in [0.3, 0.4) is 0 Å². The second kappa shape index (κ2) is 5.65. The maximum atomic E-state index is 6.19. The molecule has 0 aliphatic carbocycles. The van der Waals surface area contributed by atoms with Crippen LogP contribution in [0, 0.1) is 6.92 Å². The number of rotatable bonds is 4. The number of hydrogen-bond donors (Lipinski definition) is 2. The number of benzene rings is 1. The van der Waals surface area contributed by atoms with Crippen LogP contribution in [0.15, 0.2) is 18.2 Å². The van der Waals surface area contributed by atoms with Gasteiger partial charge in [0.05, 0.1) is 0 Å². The van der Waals surface area contributed by atoms with Gasteiger partial charge in [0, 0.05) is 6.04 Å². The third kappa shape index (κ3) is 3.83. The van der Waals surface area contributed by atoms with Gasteiger partial charge in [0.1, 0.15) is 0 Å². The van der Waals surface area contributed by atoms with Gasteiger partial charge < -0.3 is 11.5 Å². The molecule has 2 heteroatoms. The van der Waals surface area contributed by atoms with Crippen molar-refractivity contribution in [2.45, 2.75) is 52.0 Å². The number of nitrogens with two attached hydrogens (primary N) is 2. The quantitative estimate of drug-likeness (QED) is 0.841. The summed E-state index contributed by atoms with van der Waals surface area (Å²) in [4.78, 5) is 0. The van der Waals surface area contributed by atoms with E-state index < -0.39 is 0 Å². The second-order valence-corrected chi connectivity index (χ2v) is 5.86. The zero-order valence-electron chi connectivity index (χ0n) is 11.6. The van der Waals surface area contributed by atoms with Crippen LogP contribution in [0.25, 0.3) is 0 Å². The predicted molar refractivity (Wildman–Crippen MR) is 75.1 cm³/mol. The Labute approximate surface area is 105 Å². The van der Waals surface area contributed by atoms with Gasteiger partial charge >= 0.3 is 0 Å². The summed E-state index contributed by atoms with van der Waals surface area (Å²) in [5.74, 6) is 0. The smallest absolute Gasteiger partial charge is 0.0297 e. The van der Waals surface area contributed by atoms with Crippen LogP contribution in [-0.4, -0.2) is 6.54 Å². The van der Waals surface area contributed by atoms with Gasteiger partial charge in [0.2, 0.25) is 0 Å². The molecule has 0 bridgehead atoms. The molecule has 0 aliphatic rings. The highest BCUT2D eigenvalue weighted by Crippen LogP contribution is 2.27. The molecule has 0 amide bonds. The molecular formula is C15H26N2. The van der Waals surface area contributed by atoms with Gasteiger partial charge in [-0.1, -0.05) is 39.0 Å². The normalized spacial score (nSPS) is 13.8. The molecule has 0 fully saturated rings. The molecule has 0 saturated carbocycles. The lowest BCUT2D eigenvalue weighted by atomic mass is 9.84. The summed E-state index contributed by atoms with van der Waals surface area (Å²) in [5.41, 5.74) is 15.8. The first kappa shape index (κ1) is 14.2. The molecule has 1 aromatic carbocycles. The Kier molecular flexibility index (Phi) is 4.72. The lowest BCUT2D eigenvalue weighted by Crippen LogP contribution is -2.16. The summed E-state index contributed by atoms with van der Waals surface area (Å²) in [6, 6.07) is 6.76. The van der Waals surface area contributed by atoms with Crippen molar-refractivity contribution in [3.63, 3.8) is 0 Å². The highest BCUT2D eigenvalue weighted by molar-refractivity contribution is 5.36. The van der Waals surface area contributed by atoms with Crippen LogP contribution in [0.1, 0.15) is 56.3 Å². The zero-order valence-corrected chi connectivity index (χ0v) is 11.6. The molecule has 0 saturated heterocycles. The van der Waals surface area contributed by atoms with Crippen molar-refractivity contribution < 1.29 is 0 Å². The molecule has 0 aliphatic heterocycles. The van der Waals surface area contributed by atoms with Gasteiger partial charge in [-0.15, -0.1) is 0 Å². The van der Waals surface area contributed by atoms with Crippen LogP contribution >= 0.6 is 0 Å². The fraction of sp³-hybridized carbons (Fsp3) is 0.600. The van der Waals surface area contributed by atoms with E-state index in [1.807, 2.05) is 0 Å². The topological polar surface area (TPSA) is 52.0 Å². The predicted octanol–water partition coefficient (Wildman–Crippen LogP) is 3.03. The average Bonchev–Trinajstić information content (AvgIpc) is 2.24. The molecule has 17 heavy (non-hydrogen) atoms. The minimum atomic E-state index is 0.118. The van der Waals surface area contributed by atoms with Crippen molar-refractivity contribution in [2.75, 3.05) is 6.54 Å². The van der Waals surface area contributed by atoms with E-state index in [9.17, 15) is 0 Å². The van der Waals surface area contributed by atoms with Crippen molar-refractivity contribution in [1.82, 2.24) is 0 Å². The number of aryl methyl sites for hydroxylation is 1. The Morgan fingerprint density at radius 3 is 2.35 bits per heavy atom. The van der Waals surface area contributed by atoms with E-state index in [0.717, 1.165) is 12.8 Å². The summed E-state index contributed by atoms with van der Waals surface area (Å²) < 4.78 is 0. The minimum absolute atomic E-state index is 0.118. The van der Waals surface area contributed by atoms with Crippen LogP contribution in [0.4, 0.5) is 0 Å². The van der Waals surface area contributed by atoms with Crippen LogP contribution in [0.5, 0.6) is 0 Å². The molecule has 2 nitrogen and oxygen atoms in total. The van der Waals surface area contributed by atoms with E-state index in [-0.39, 0.29) is 11.5 Å². The summed E-state index contributed by atoms with van der Waals surface area (Å²) in [5, 5.41) is 0. The van der Waals surface area contributed by atoms with E-state index in [4.69, 9.17) is 11.5 Å². The SMILES string of the molecule is Cc1cc(C(C)(C)C)ccc1C(N)CCCN. The fourth-order valence-electron chi connectivity index (χ4n) is 2.05. The molecule has 1 unspecified atom stereocenters. The Balaban J connectivity index is 2.90. The van der Waals surface area contributed by atoms with Crippen molar-refractivity contribution in [3.05, 3.63) is 34.9 Å². The number of hydrogen-bond acceptors (Lipinski definition) is 2. The van der Waals surface area contributed by atoms with E-state index in [0.29, 0.717) is 6.54 Å². The fourth-order valence-corrected chi connectivity index (χ4v) is 2.05. The van der Waals surface area contributed by atoms with Gasteiger partial charge in [-0.3, -0.25) is 0 Å². The van der Waals surface area contributed by atoms with E-state index in [1.165, 1.54) is 16.7 Å².